The molecule has 0 aliphatic rings. The number of fused-ring (bicyclic) bond motifs is 2. The number of nitrogens with zero attached hydrogens (tertiary/aromatic N) is 4. The van der Waals surface area contributed by atoms with Crippen molar-refractivity contribution in [1.82, 2.24) is 19.9 Å². The van der Waals surface area contributed by atoms with Gasteiger partial charge in [-0.3, -0.25) is 4.98 Å². The molecule has 0 atom stereocenters. The highest BCUT2D eigenvalue weighted by Gasteiger charge is 2.01. The van der Waals surface area contributed by atoms with E-state index in [1.54, 1.807) is 24.5 Å². The van der Waals surface area contributed by atoms with Crippen molar-refractivity contribution >= 4 is 33.8 Å². The molecule has 0 amide bonds. The largest absolute Gasteiger partial charge is 0.443 e. The third-order valence-electron chi connectivity index (χ3n) is 2.64. The maximum absolute atomic E-state index is 5.66. The third kappa shape index (κ3) is 2.33. The second-order valence-electron chi connectivity index (χ2n) is 3.90. The Hall–Kier alpha value is -2.47. The summed E-state index contributed by atoms with van der Waals surface area (Å²) in [6.07, 6.45) is 6.07. The second-order valence-corrected chi connectivity index (χ2v) is 4.25. The van der Waals surface area contributed by atoms with Gasteiger partial charge >= 0.3 is 0 Å². The van der Waals surface area contributed by atoms with Crippen molar-refractivity contribution < 1.29 is 8.83 Å². The Morgan fingerprint density at radius 3 is 2.10 bits per heavy atom. The fourth-order valence-electron chi connectivity index (χ4n) is 1.68. The van der Waals surface area contributed by atoms with E-state index >= 15 is 0 Å². The van der Waals surface area contributed by atoms with E-state index in [4.69, 9.17) is 20.4 Å². The fourth-order valence-corrected chi connectivity index (χ4v) is 1.88. The average molecular weight is 289 g/mol. The number of halogens is 1. The molecule has 0 radical (unpaired) electrons. The van der Waals surface area contributed by atoms with Gasteiger partial charge in [-0.15, -0.1) is 0 Å². The molecule has 0 aliphatic heterocycles. The third-order valence-corrected chi connectivity index (χ3v) is 2.91. The van der Waals surface area contributed by atoms with Gasteiger partial charge in [-0.1, -0.05) is 11.6 Å². The molecule has 7 heteroatoms. The molecule has 0 unspecified atom stereocenters. The van der Waals surface area contributed by atoms with Gasteiger partial charge in [0, 0.05) is 24.5 Å². The van der Waals surface area contributed by atoms with Crippen LogP contribution in [0.5, 0.6) is 0 Å². The Morgan fingerprint density at radius 1 is 0.850 bits per heavy atom. The molecular formula is C13H9ClN4O2. The first kappa shape index (κ1) is 12.6. The van der Waals surface area contributed by atoms with E-state index in [1.165, 1.54) is 12.8 Å². The maximum Gasteiger partial charge on any atom is 0.182 e. The van der Waals surface area contributed by atoms with Gasteiger partial charge in [-0.25, -0.2) is 15.0 Å². The predicted molar refractivity (Wildman–Crippen MR) is 73.4 cm³/mol. The Morgan fingerprint density at radius 2 is 1.45 bits per heavy atom. The molecule has 0 saturated heterocycles. The summed E-state index contributed by atoms with van der Waals surface area (Å²) in [4.78, 5) is 15.7. The minimum Gasteiger partial charge on any atom is -0.443 e. The molecule has 4 heterocycles. The van der Waals surface area contributed by atoms with E-state index in [0.717, 1.165) is 16.8 Å². The zero-order valence-corrected chi connectivity index (χ0v) is 11.2. The number of aryl methyl sites for hydroxylation is 1. The molecule has 0 spiro atoms. The molecule has 0 N–H and O–H groups in total. The summed E-state index contributed by atoms with van der Waals surface area (Å²) in [7, 11) is 0. The van der Waals surface area contributed by atoms with Crippen LogP contribution in [-0.4, -0.2) is 19.9 Å². The molecule has 100 valence electrons. The predicted octanol–water partition coefficient (Wildman–Crippen LogP) is 3.41. The molecule has 0 saturated carbocycles. The summed E-state index contributed by atoms with van der Waals surface area (Å²) in [5, 5.41) is 0.381. The fraction of sp³-hybridized carbons (Fsp3) is 0.0769. The molecular weight excluding hydrogens is 280 g/mol. The lowest BCUT2D eigenvalue weighted by molar-refractivity contribution is 0.601. The van der Waals surface area contributed by atoms with Crippen LogP contribution >= 0.6 is 11.6 Å². The van der Waals surface area contributed by atoms with Gasteiger partial charge in [0.25, 0.3) is 0 Å². The molecule has 0 aromatic carbocycles. The van der Waals surface area contributed by atoms with E-state index in [2.05, 4.69) is 19.9 Å². The van der Waals surface area contributed by atoms with Gasteiger partial charge in [0.2, 0.25) is 0 Å². The minimum absolute atomic E-state index is 0.381. The summed E-state index contributed by atoms with van der Waals surface area (Å²) < 4.78 is 10.0. The lowest BCUT2D eigenvalue weighted by Crippen LogP contribution is -1.79. The zero-order valence-electron chi connectivity index (χ0n) is 10.4. The van der Waals surface area contributed by atoms with Crippen LogP contribution in [0.2, 0.25) is 5.15 Å². The Kier molecular flexibility index (Phi) is 3.30. The van der Waals surface area contributed by atoms with Gasteiger partial charge in [-0.05, 0) is 6.92 Å². The number of pyridine rings is 2. The SMILES string of the molecule is Cc1nccc2ocnc12.Clc1nccc2ocnc12. The van der Waals surface area contributed by atoms with Crippen LogP contribution in [0.1, 0.15) is 5.69 Å². The van der Waals surface area contributed by atoms with Gasteiger partial charge in [-0.2, -0.15) is 0 Å². The van der Waals surface area contributed by atoms with Crippen molar-refractivity contribution in [3.8, 4) is 0 Å². The van der Waals surface area contributed by atoms with Crippen molar-refractivity contribution in [2.45, 2.75) is 6.92 Å². The van der Waals surface area contributed by atoms with E-state index in [9.17, 15) is 0 Å². The van der Waals surface area contributed by atoms with Crippen LogP contribution in [0.25, 0.3) is 22.2 Å². The zero-order chi connectivity index (χ0) is 13.9. The van der Waals surface area contributed by atoms with Crippen LogP contribution in [0, 0.1) is 6.92 Å². The van der Waals surface area contributed by atoms with E-state index in [0.29, 0.717) is 16.3 Å². The topological polar surface area (TPSA) is 77.8 Å². The van der Waals surface area contributed by atoms with Gasteiger partial charge in [0.05, 0.1) is 5.69 Å². The van der Waals surface area contributed by atoms with E-state index < -0.39 is 0 Å². The summed E-state index contributed by atoms with van der Waals surface area (Å²) in [6.45, 7) is 1.91. The van der Waals surface area contributed by atoms with Crippen LogP contribution < -0.4 is 0 Å². The lowest BCUT2D eigenvalue weighted by Gasteiger charge is -1.88. The number of hydrogen-bond acceptors (Lipinski definition) is 6. The summed E-state index contributed by atoms with van der Waals surface area (Å²) in [5.74, 6) is 0. The summed E-state index contributed by atoms with van der Waals surface area (Å²) >= 11 is 5.66. The van der Waals surface area contributed by atoms with Crippen LogP contribution in [0.15, 0.2) is 46.1 Å². The molecule has 0 aliphatic carbocycles. The number of hydrogen-bond donors (Lipinski definition) is 0. The van der Waals surface area contributed by atoms with Crippen molar-refractivity contribution in [3.05, 3.63) is 48.2 Å². The number of oxazole rings is 2. The first-order valence-corrected chi connectivity index (χ1v) is 6.12. The quantitative estimate of drug-likeness (QED) is 0.461. The van der Waals surface area contributed by atoms with Gasteiger partial charge in [0.1, 0.15) is 11.0 Å². The van der Waals surface area contributed by atoms with Crippen LogP contribution in [0.4, 0.5) is 0 Å². The standard InChI is InChI=1S/C7H6N2O.C6H3ClN2O/c1-5-7-6(2-3-8-5)10-4-9-7;7-6-5-4(1-2-8-6)10-3-9-5/h2-4H,1H3;1-3H. The summed E-state index contributed by atoms with van der Waals surface area (Å²) in [6, 6.07) is 3.52. The highest BCUT2D eigenvalue weighted by molar-refractivity contribution is 6.33. The molecule has 0 bridgehead atoms. The molecule has 0 fully saturated rings. The van der Waals surface area contributed by atoms with Gasteiger partial charge in [0.15, 0.2) is 29.1 Å². The molecule has 4 aromatic heterocycles. The normalized spacial score (nSPS) is 10.5. The number of aromatic nitrogens is 4. The molecule has 6 nitrogen and oxygen atoms in total. The van der Waals surface area contributed by atoms with Crippen molar-refractivity contribution in [2.75, 3.05) is 0 Å². The van der Waals surface area contributed by atoms with Crippen LogP contribution in [-0.2, 0) is 0 Å². The first-order valence-electron chi connectivity index (χ1n) is 5.74. The average Bonchev–Trinajstić information content (AvgIpc) is 3.08. The maximum atomic E-state index is 5.66. The van der Waals surface area contributed by atoms with Crippen molar-refractivity contribution in [2.24, 2.45) is 0 Å². The van der Waals surface area contributed by atoms with Crippen LogP contribution in [0.3, 0.4) is 0 Å². The van der Waals surface area contributed by atoms with E-state index in [1.807, 2.05) is 6.92 Å². The monoisotopic (exact) mass is 288 g/mol. The number of rotatable bonds is 0. The second kappa shape index (κ2) is 5.26. The Labute approximate surface area is 118 Å². The minimum atomic E-state index is 0.381. The highest BCUT2D eigenvalue weighted by atomic mass is 35.5. The smallest absolute Gasteiger partial charge is 0.182 e. The summed E-state index contributed by atoms with van der Waals surface area (Å²) in [5.41, 5.74) is 3.84. The molecule has 4 rings (SSSR count). The first-order chi connectivity index (χ1) is 9.75. The van der Waals surface area contributed by atoms with Crippen molar-refractivity contribution in [3.63, 3.8) is 0 Å². The lowest BCUT2D eigenvalue weighted by atomic mass is 10.3. The molecule has 4 aromatic rings. The Balaban J connectivity index is 0.000000121. The highest BCUT2D eigenvalue weighted by Crippen LogP contribution is 2.17. The molecule has 20 heavy (non-hydrogen) atoms. The van der Waals surface area contributed by atoms with Crippen molar-refractivity contribution in [1.29, 1.82) is 0 Å². The van der Waals surface area contributed by atoms with Gasteiger partial charge < -0.3 is 8.83 Å². The Bertz CT molecular complexity index is 783. The van der Waals surface area contributed by atoms with E-state index in [-0.39, 0.29) is 0 Å².